The van der Waals surface area contributed by atoms with Crippen LogP contribution in [0.3, 0.4) is 0 Å². The number of halogens is 2. The Balaban J connectivity index is 2.06. The van der Waals surface area contributed by atoms with Gasteiger partial charge in [-0.05, 0) is 36.2 Å². The Bertz CT molecular complexity index is 835. The van der Waals surface area contributed by atoms with Gasteiger partial charge in [0.15, 0.2) is 9.84 Å². The molecule has 0 aliphatic carbocycles. The maximum absolute atomic E-state index is 12.1. The Labute approximate surface area is 145 Å². The van der Waals surface area contributed by atoms with Crippen LogP contribution in [0, 0.1) is 0 Å². The van der Waals surface area contributed by atoms with Crippen LogP contribution in [-0.2, 0) is 21.1 Å². The van der Waals surface area contributed by atoms with Gasteiger partial charge in [-0.1, -0.05) is 41.4 Å². The highest BCUT2D eigenvalue weighted by Crippen LogP contribution is 2.23. The molecule has 0 radical (unpaired) electrons. The summed E-state index contributed by atoms with van der Waals surface area (Å²) in [6, 6.07) is 11.4. The first-order chi connectivity index (χ1) is 10.8. The van der Waals surface area contributed by atoms with Gasteiger partial charge < -0.3 is 5.32 Å². The van der Waals surface area contributed by atoms with Crippen LogP contribution in [0.1, 0.15) is 12.0 Å². The van der Waals surface area contributed by atoms with Gasteiger partial charge in [0.25, 0.3) is 0 Å². The Morgan fingerprint density at radius 1 is 1.13 bits per heavy atom. The molecule has 122 valence electrons. The Morgan fingerprint density at radius 3 is 2.48 bits per heavy atom. The van der Waals surface area contributed by atoms with E-state index in [9.17, 15) is 13.2 Å². The maximum atomic E-state index is 12.1. The van der Waals surface area contributed by atoms with Crippen LogP contribution in [0.25, 0.3) is 0 Å². The van der Waals surface area contributed by atoms with Crippen molar-refractivity contribution in [2.75, 3.05) is 11.6 Å². The number of amides is 1. The van der Waals surface area contributed by atoms with Gasteiger partial charge in [0.2, 0.25) is 5.91 Å². The monoisotopic (exact) mass is 371 g/mol. The topological polar surface area (TPSA) is 63.2 Å². The van der Waals surface area contributed by atoms with Gasteiger partial charge in [-0.2, -0.15) is 0 Å². The third kappa shape index (κ3) is 4.96. The number of hydrogen-bond acceptors (Lipinski definition) is 3. The molecule has 1 N–H and O–H groups in total. The van der Waals surface area contributed by atoms with Crippen molar-refractivity contribution in [2.45, 2.75) is 17.7 Å². The molecule has 0 atom stereocenters. The van der Waals surface area contributed by atoms with E-state index in [-0.39, 0.29) is 22.9 Å². The molecule has 0 spiro atoms. The van der Waals surface area contributed by atoms with Gasteiger partial charge in [-0.25, -0.2) is 8.42 Å². The van der Waals surface area contributed by atoms with Crippen molar-refractivity contribution in [1.82, 2.24) is 0 Å². The largest absolute Gasteiger partial charge is 0.325 e. The Hall–Kier alpha value is -1.56. The molecule has 23 heavy (non-hydrogen) atoms. The lowest BCUT2D eigenvalue weighted by Gasteiger charge is -2.10. The summed E-state index contributed by atoms with van der Waals surface area (Å²) in [6.07, 6.45) is 1.72. The minimum atomic E-state index is -3.41. The smallest absolute Gasteiger partial charge is 0.224 e. The summed E-state index contributed by atoms with van der Waals surface area (Å²) < 4.78 is 23.4. The summed E-state index contributed by atoms with van der Waals surface area (Å²) in [5, 5.41) is 3.67. The van der Waals surface area contributed by atoms with Gasteiger partial charge in [0.05, 0.1) is 10.6 Å². The Kier molecular flexibility index (Phi) is 5.68. The first-order valence-corrected chi connectivity index (χ1v) is 9.45. The van der Waals surface area contributed by atoms with Gasteiger partial charge in [-0.3, -0.25) is 4.79 Å². The zero-order valence-electron chi connectivity index (χ0n) is 12.3. The minimum Gasteiger partial charge on any atom is -0.325 e. The third-order valence-electron chi connectivity index (χ3n) is 3.20. The Morgan fingerprint density at radius 2 is 1.83 bits per heavy atom. The molecule has 2 aromatic carbocycles. The molecule has 1 amide bonds. The SMILES string of the molecule is CS(=O)(=O)c1ccccc1NC(=O)CCc1ccc(Cl)cc1Cl. The van der Waals surface area contributed by atoms with E-state index in [0.29, 0.717) is 16.5 Å². The van der Waals surface area contributed by atoms with Crippen LogP contribution >= 0.6 is 23.2 Å². The molecule has 0 fully saturated rings. The number of benzene rings is 2. The molecule has 2 aromatic rings. The minimum absolute atomic E-state index is 0.0953. The fraction of sp³-hybridized carbons (Fsp3) is 0.188. The maximum Gasteiger partial charge on any atom is 0.224 e. The highest BCUT2D eigenvalue weighted by molar-refractivity contribution is 7.90. The standard InChI is InChI=1S/C16H15Cl2NO3S/c1-23(21,22)15-5-3-2-4-14(15)19-16(20)9-7-11-6-8-12(17)10-13(11)18/h2-6,8,10H,7,9H2,1H3,(H,19,20). The second kappa shape index (κ2) is 7.34. The van der Waals surface area contributed by atoms with Gasteiger partial charge >= 0.3 is 0 Å². The van der Waals surface area contributed by atoms with Crippen molar-refractivity contribution in [3.8, 4) is 0 Å². The average Bonchev–Trinajstić information content (AvgIpc) is 2.46. The molecular weight excluding hydrogens is 357 g/mol. The average molecular weight is 372 g/mol. The number of anilines is 1. The van der Waals surface area contributed by atoms with Gasteiger partial charge in [-0.15, -0.1) is 0 Å². The second-order valence-electron chi connectivity index (χ2n) is 5.05. The van der Waals surface area contributed by atoms with E-state index < -0.39 is 9.84 Å². The molecule has 0 heterocycles. The molecule has 0 saturated heterocycles. The van der Waals surface area contributed by atoms with Gasteiger partial charge in [0.1, 0.15) is 0 Å². The van der Waals surface area contributed by atoms with E-state index in [4.69, 9.17) is 23.2 Å². The van der Waals surface area contributed by atoms with E-state index in [1.165, 1.54) is 6.07 Å². The summed E-state index contributed by atoms with van der Waals surface area (Å²) in [4.78, 5) is 12.2. The van der Waals surface area contributed by atoms with E-state index in [0.717, 1.165) is 11.8 Å². The van der Waals surface area contributed by atoms with Gasteiger partial charge in [0, 0.05) is 22.7 Å². The fourth-order valence-corrected chi connectivity index (χ4v) is 3.43. The first-order valence-electron chi connectivity index (χ1n) is 6.80. The molecule has 0 saturated carbocycles. The highest BCUT2D eigenvalue weighted by atomic mass is 35.5. The predicted octanol–water partition coefficient (Wildman–Crippen LogP) is 3.97. The molecule has 0 aliphatic heterocycles. The lowest BCUT2D eigenvalue weighted by Crippen LogP contribution is -2.15. The molecule has 7 heteroatoms. The predicted molar refractivity (Wildman–Crippen MR) is 93.0 cm³/mol. The molecule has 0 aromatic heterocycles. The lowest BCUT2D eigenvalue weighted by atomic mass is 10.1. The number of carbonyl (C=O) groups is 1. The normalized spacial score (nSPS) is 11.3. The fourth-order valence-electron chi connectivity index (χ4n) is 2.08. The molecular formula is C16H15Cl2NO3S. The number of rotatable bonds is 5. The van der Waals surface area contributed by atoms with E-state index in [2.05, 4.69) is 5.32 Å². The molecule has 0 aliphatic rings. The molecule has 4 nitrogen and oxygen atoms in total. The van der Waals surface area contributed by atoms with Crippen molar-refractivity contribution < 1.29 is 13.2 Å². The van der Waals surface area contributed by atoms with Crippen molar-refractivity contribution in [3.63, 3.8) is 0 Å². The number of para-hydroxylation sites is 1. The van der Waals surface area contributed by atoms with E-state index in [1.54, 1.807) is 36.4 Å². The highest BCUT2D eigenvalue weighted by Gasteiger charge is 2.14. The number of aryl methyl sites for hydroxylation is 1. The van der Waals surface area contributed by atoms with Crippen LogP contribution in [0.5, 0.6) is 0 Å². The second-order valence-corrected chi connectivity index (χ2v) is 7.88. The number of nitrogens with one attached hydrogen (secondary N) is 1. The molecule has 0 bridgehead atoms. The van der Waals surface area contributed by atoms with Crippen molar-refractivity contribution in [3.05, 3.63) is 58.1 Å². The van der Waals surface area contributed by atoms with E-state index >= 15 is 0 Å². The summed E-state index contributed by atoms with van der Waals surface area (Å²) >= 11 is 11.9. The summed E-state index contributed by atoms with van der Waals surface area (Å²) in [5.41, 5.74) is 1.09. The van der Waals surface area contributed by atoms with Crippen molar-refractivity contribution in [2.24, 2.45) is 0 Å². The molecule has 2 rings (SSSR count). The number of sulfone groups is 1. The lowest BCUT2D eigenvalue weighted by molar-refractivity contribution is -0.116. The summed E-state index contributed by atoms with van der Waals surface area (Å²) in [5.74, 6) is -0.285. The summed E-state index contributed by atoms with van der Waals surface area (Å²) in [7, 11) is -3.41. The zero-order valence-corrected chi connectivity index (χ0v) is 14.7. The first kappa shape index (κ1) is 17.8. The van der Waals surface area contributed by atoms with E-state index in [1.807, 2.05) is 0 Å². The van der Waals surface area contributed by atoms with Crippen LogP contribution in [-0.4, -0.2) is 20.6 Å². The zero-order chi connectivity index (χ0) is 17.0. The quantitative estimate of drug-likeness (QED) is 0.864. The van der Waals surface area contributed by atoms with Crippen molar-refractivity contribution >= 4 is 44.6 Å². The summed E-state index contributed by atoms with van der Waals surface area (Å²) in [6.45, 7) is 0. The third-order valence-corrected chi connectivity index (χ3v) is 4.94. The van der Waals surface area contributed by atoms with Crippen LogP contribution in [0.15, 0.2) is 47.4 Å². The number of carbonyl (C=O) groups excluding carboxylic acids is 1. The molecule has 0 unspecified atom stereocenters. The number of hydrogen-bond donors (Lipinski definition) is 1. The van der Waals surface area contributed by atoms with Crippen LogP contribution < -0.4 is 5.32 Å². The van der Waals surface area contributed by atoms with Crippen molar-refractivity contribution in [1.29, 1.82) is 0 Å². The van der Waals surface area contributed by atoms with Crippen LogP contribution in [0.4, 0.5) is 5.69 Å². The van der Waals surface area contributed by atoms with Crippen LogP contribution in [0.2, 0.25) is 10.0 Å².